The van der Waals surface area contributed by atoms with Crippen LogP contribution in [0.25, 0.3) is 10.8 Å². The van der Waals surface area contributed by atoms with Gasteiger partial charge in [-0.1, -0.05) is 88.1 Å². The molecule has 0 saturated heterocycles. The smallest absolute Gasteiger partial charge is 0.0181 e. The summed E-state index contributed by atoms with van der Waals surface area (Å²) in [5.41, 5.74) is 3.02. The Hall–Kier alpha value is -1.56. The van der Waals surface area contributed by atoms with Crippen molar-refractivity contribution >= 4 is 10.8 Å². The summed E-state index contributed by atoms with van der Waals surface area (Å²) in [4.78, 5) is 0. The first-order valence-electron chi connectivity index (χ1n) is 13.9. The lowest BCUT2D eigenvalue weighted by atomic mass is 9.68. The Kier molecular flexibility index (Phi) is 8.89. The summed E-state index contributed by atoms with van der Waals surface area (Å²) >= 11 is 0. The fourth-order valence-electron chi connectivity index (χ4n) is 6.53. The van der Waals surface area contributed by atoms with E-state index in [-0.39, 0.29) is 0 Å². The van der Waals surface area contributed by atoms with Crippen LogP contribution in [-0.4, -0.2) is 0 Å². The maximum absolute atomic E-state index is 2.54. The van der Waals surface area contributed by atoms with Gasteiger partial charge >= 0.3 is 0 Å². The van der Waals surface area contributed by atoms with Crippen LogP contribution in [-0.2, 0) is 12.8 Å². The van der Waals surface area contributed by atoms with Crippen molar-refractivity contribution in [1.82, 2.24) is 0 Å². The molecule has 2 aliphatic rings. The Morgan fingerprint density at radius 2 is 1.28 bits per heavy atom. The van der Waals surface area contributed by atoms with Gasteiger partial charge in [0.1, 0.15) is 0 Å². The van der Waals surface area contributed by atoms with Crippen molar-refractivity contribution in [2.24, 2.45) is 23.7 Å². The molecule has 2 aliphatic carbocycles. The topological polar surface area (TPSA) is 0 Å². The molecule has 4 rings (SSSR count). The molecule has 0 unspecified atom stereocenters. The van der Waals surface area contributed by atoms with E-state index in [1.54, 1.807) is 0 Å². The number of rotatable bonds is 9. The summed E-state index contributed by atoms with van der Waals surface area (Å²) in [5, 5.41) is 2.84. The summed E-state index contributed by atoms with van der Waals surface area (Å²) in [6.45, 7) is 4.54. The molecule has 32 heavy (non-hydrogen) atoms. The van der Waals surface area contributed by atoms with Crippen LogP contribution in [0.2, 0.25) is 0 Å². The van der Waals surface area contributed by atoms with Crippen LogP contribution in [0, 0.1) is 23.7 Å². The van der Waals surface area contributed by atoms with Crippen LogP contribution in [0.4, 0.5) is 0 Å². The molecule has 0 heteroatoms. The van der Waals surface area contributed by atoms with Crippen LogP contribution in [0.1, 0.15) is 102 Å². The molecule has 0 N–H and O–H groups in total. The Bertz CT molecular complexity index is 843. The number of fused-ring (bicyclic) bond motifs is 1. The van der Waals surface area contributed by atoms with Gasteiger partial charge in [-0.3, -0.25) is 0 Å². The van der Waals surface area contributed by atoms with Crippen LogP contribution in [0.3, 0.4) is 0 Å². The molecule has 0 nitrogen and oxygen atoms in total. The van der Waals surface area contributed by atoms with E-state index in [0.29, 0.717) is 0 Å². The average molecular weight is 431 g/mol. The number of hydrogen-bond donors (Lipinski definition) is 0. The highest BCUT2D eigenvalue weighted by molar-refractivity contribution is 5.83. The molecule has 0 aromatic heterocycles. The number of unbranched alkanes of at least 4 members (excludes halogenated alkanes) is 1. The zero-order valence-electron chi connectivity index (χ0n) is 20.8. The fourth-order valence-corrected chi connectivity index (χ4v) is 6.53. The zero-order chi connectivity index (χ0) is 22.2. The molecule has 0 aliphatic heterocycles. The second-order valence-corrected chi connectivity index (χ2v) is 11.0. The second-order valence-electron chi connectivity index (χ2n) is 11.0. The SMILES string of the molecule is CCC/C=C/C1CCC(C2CCC(CCc3ccc4cc(CCC)ccc4c3)CC2)CC1. The Labute approximate surface area is 197 Å². The Morgan fingerprint density at radius 1 is 0.688 bits per heavy atom. The molecular weight excluding hydrogens is 384 g/mol. The van der Waals surface area contributed by atoms with E-state index >= 15 is 0 Å². The summed E-state index contributed by atoms with van der Waals surface area (Å²) in [6, 6.07) is 14.2. The van der Waals surface area contributed by atoms with Crippen molar-refractivity contribution in [3.05, 3.63) is 59.7 Å². The first-order valence-corrected chi connectivity index (χ1v) is 13.9. The van der Waals surface area contributed by atoms with E-state index in [9.17, 15) is 0 Å². The maximum atomic E-state index is 2.54. The van der Waals surface area contributed by atoms with E-state index in [0.717, 1.165) is 23.7 Å². The van der Waals surface area contributed by atoms with Gasteiger partial charge < -0.3 is 0 Å². The molecule has 0 bridgehead atoms. The predicted molar refractivity (Wildman–Crippen MR) is 141 cm³/mol. The molecule has 0 atom stereocenters. The fraction of sp³-hybridized carbons (Fsp3) is 0.625. The van der Waals surface area contributed by atoms with Gasteiger partial charge in [-0.25, -0.2) is 0 Å². The van der Waals surface area contributed by atoms with E-state index in [2.05, 4.69) is 62.4 Å². The van der Waals surface area contributed by atoms with Gasteiger partial charge in [0.2, 0.25) is 0 Å². The molecule has 0 radical (unpaired) electrons. The molecule has 174 valence electrons. The highest BCUT2D eigenvalue weighted by atomic mass is 14.4. The number of benzene rings is 2. The third kappa shape index (κ3) is 6.49. The molecule has 2 saturated carbocycles. The third-order valence-electron chi connectivity index (χ3n) is 8.59. The lowest BCUT2D eigenvalue weighted by Gasteiger charge is -2.37. The lowest BCUT2D eigenvalue weighted by Crippen LogP contribution is -2.25. The van der Waals surface area contributed by atoms with Crippen LogP contribution < -0.4 is 0 Å². The van der Waals surface area contributed by atoms with E-state index in [1.165, 1.54) is 112 Å². The normalized spacial score (nSPS) is 26.7. The Balaban J connectivity index is 1.20. The maximum Gasteiger partial charge on any atom is -0.0181 e. The summed E-state index contributed by atoms with van der Waals surface area (Å²) in [7, 11) is 0. The first-order chi connectivity index (χ1) is 15.7. The van der Waals surface area contributed by atoms with Gasteiger partial charge in [0.25, 0.3) is 0 Å². The number of aryl methyl sites for hydroxylation is 2. The molecule has 0 heterocycles. The average Bonchev–Trinajstić information content (AvgIpc) is 2.84. The van der Waals surface area contributed by atoms with Gasteiger partial charge in [0.15, 0.2) is 0 Å². The minimum absolute atomic E-state index is 0.884. The second kappa shape index (κ2) is 12.1. The van der Waals surface area contributed by atoms with E-state index < -0.39 is 0 Å². The highest BCUT2D eigenvalue weighted by Gasteiger charge is 2.30. The molecule has 0 amide bonds. The van der Waals surface area contributed by atoms with Gasteiger partial charge in [-0.15, -0.1) is 0 Å². The van der Waals surface area contributed by atoms with Gasteiger partial charge in [0, 0.05) is 0 Å². The number of hydrogen-bond acceptors (Lipinski definition) is 0. The molecule has 2 aromatic carbocycles. The van der Waals surface area contributed by atoms with Crippen molar-refractivity contribution < 1.29 is 0 Å². The quantitative estimate of drug-likeness (QED) is 0.347. The standard InChI is InChI=1S/C32H46/c1-3-5-6-8-25-11-17-29(18-12-25)30-19-13-26(14-20-30)9-10-28-16-22-31-23-27(7-4-2)15-21-32(31)24-28/h6,8,15-16,21-26,29-30H,3-5,7,9-14,17-20H2,1-2H3/b8-6+. The monoisotopic (exact) mass is 430 g/mol. The molecular formula is C32H46. The summed E-state index contributed by atoms with van der Waals surface area (Å²) in [6.07, 6.45) is 24.5. The van der Waals surface area contributed by atoms with Gasteiger partial charge in [0.05, 0.1) is 0 Å². The minimum Gasteiger partial charge on any atom is -0.0883 e. The van der Waals surface area contributed by atoms with Crippen molar-refractivity contribution in [1.29, 1.82) is 0 Å². The molecule has 0 spiro atoms. The summed E-state index contributed by atoms with van der Waals surface area (Å²) < 4.78 is 0. The van der Waals surface area contributed by atoms with Gasteiger partial charge in [-0.05, 0) is 110 Å². The zero-order valence-corrected chi connectivity index (χ0v) is 20.8. The molecule has 2 fully saturated rings. The van der Waals surface area contributed by atoms with Crippen molar-refractivity contribution in [2.45, 2.75) is 104 Å². The molecule has 2 aromatic rings. The van der Waals surface area contributed by atoms with Crippen molar-refractivity contribution in [2.75, 3.05) is 0 Å². The van der Waals surface area contributed by atoms with Crippen molar-refractivity contribution in [3.63, 3.8) is 0 Å². The largest absolute Gasteiger partial charge is 0.0883 e. The van der Waals surface area contributed by atoms with Crippen molar-refractivity contribution in [3.8, 4) is 0 Å². The lowest BCUT2D eigenvalue weighted by molar-refractivity contribution is 0.152. The Morgan fingerprint density at radius 3 is 1.88 bits per heavy atom. The van der Waals surface area contributed by atoms with Crippen LogP contribution in [0.15, 0.2) is 48.6 Å². The summed E-state index contributed by atoms with van der Waals surface area (Å²) in [5.74, 6) is 3.91. The highest BCUT2D eigenvalue weighted by Crippen LogP contribution is 2.42. The third-order valence-corrected chi connectivity index (χ3v) is 8.59. The van der Waals surface area contributed by atoms with Gasteiger partial charge in [-0.2, -0.15) is 0 Å². The van der Waals surface area contributed by atoms with Crippen LogP contribution >= 0.6 is 0 Å². The first kappa shape index (κ1) is 23.6. The van der Waals surface area contributed by atoms with E-state index in [4.69, 9.17) is 0 Å². The van der Waals surface area contributed by atoms with E-state index in [1.807, 2.05) is 0 Å². The van der Waals surface area contributed by atoms with Crippen LogP contribution in [0.5, 0.6) is 0 Å². The minimum atomic E-state index is 0.884. The number of allylic oxidation sites excluding steroid dienone is 2. The predicted octanol–water partition coefficient (Wildman–Crippen LogP) is 9.69.